The van der Waals surface area contributed by atoms with Crippen LogP contribution in [0.15, 0.2) is 24.3 Å². The van der Waals surface area contributed by atoms with E-state index in [0.717, 1.165) is 37.3 Å². The van der Waals surface area contributed by atoms with Crippen molar-refractivity contribution < 1.29 is 9.53 Å². The summed E-state index contributed by atoms with van der Waals surface area (Å²) in [7, 11) is 0. The molecule has 3 nitrogen and oxygen atoms in total. The Hall–Kier alpha value is -0.770. The third-order valence-corrected chi connectivity index (χ3v) is 4.30. The van der Waals surface area contributed by atoms with Gasteiger partial charge in [0, 0.05) is 18.2 Å². The number of hydrogen-bond donors (Lipinski definition) is 0. The number of carbonyl (C=O) groups is 1. The van der Waals surface area contributed by atoms with Gasteiger partial charge in [-0.25, -0.2) is 0 Å². The number of carbonyl (C=O) groups excluding carboxylic acids is 1. The second-order valence-corrected chi connectivity index (χ2v) is 5.73. The van der Waals surface area contributed by atoms with Gasteiger partial charge >= 0.3 is 0 Å². The first-order valence-corrected chi connectivity index (χ1v) is 7.28. The molecule has 1 heterocycles. The Morgan fingerprint density at radius 2 is 2.10 bits per heavy atom. The largest absolute Gasteiger partial charge is 0.494 e. The number of halogens is 2. The van der Waals surface area contributed by atoms with E-state index in [4.69, 9.17) is 16.3 Å². The van der Waals surface area contributed by atoms with E-state index in [0.29, 0.717) is 5.56 Å². The number of likely N-dealkylation sites (tertiary alicyclic amines) is 1. The Kier molecular flexibility index (Phi) is 5.30. The molecule has 2 fully saturated rings. The van der Waals surface area contributed by atoms with Gasteiger partial charge < -0.3 is 4.74 Å². The summed E-state index contributed by atoms with van der Waals surface area (Å²) in [6, 6.07) is 7.86. The van der Waals surface area contributed by atoms with Crippen molar-refractivity contribution in [1.82, 2.24) is 4.90 Å². The molecule has 1 aliphatic carbocycles. The number of nitrogens with zero attached hydrogens (tertiary/aromatic N) is 1. The van der Waals surface area contributed by atoms with Crippen LogP contribution < -0.4 is 4.74 Å². The molecular weight excluding hydrogens is 297 g/mol. The molecule has 1 saturated heterocycles. The number of ether oxygens (including phenoxy) is 1. The first-order valence-electron chi connectivity index (χ1n) is 6.91. The fourth-order valence-corrected chi connectivity index (χ4v) is 3.03. The van der Waals surface area contributed by atoms with E-state index in [-0.39, 0.29) is 12.4 Å². The SMILES string of the molecule is Cl.O=C(Cl)c1ccc(OCCCN2CC[C@@H]3C[C@@H]32)cc1. The molecule has 0 bridgehead atoms. The first kappa shape index (κ1) is 15.6. The number of benzene rings is 1. The highest BCUT2D eigenvalue weighted by Crippen LogP contribution is 2.44. The minimum atomic E-state index is -0.431. The van der Waals surface area contributed by atoms with Gasteiger partial charge in [-0.15, -0.1) is 12.4 Å². The van der Waals surface area contributed by atoms with E-state index in [2.05, 4.69) is 4.90 Å². The van der Waals surface area contributed by atoms with Crippen LogP contribution in [0.25, 0.3) is 0 Å². The van der Waals surface area contributed by atoms with Crippen LogP contribution in [0.1, 0.15) is 29.6 Å². The molecule has 0 unspecified atom stereocenters. The maximum atomic E-state index is 10.9. The molecule has 3 rings (SSSR count). The third-order valence-electron chi connectivity index (χ3n) is 4.08. The highest BCUT2D eigenvalue weighted by atomic mass is 35.5. The molecule has 2 aliphatic rings. The topological polar surface area (TPSA) is 29.5 Å². The Bertz CT molecular complexity index is 463. The lowest BCUT2D eigenvalue weighted by Crippen LogP contribution is -2.25. The fourth-order valence-electron chi connectivity index (χ4n) is 2.90. The van der Waals surface area contributed by atoms with Crippen LogP contribution in [-0.2, 0) is 0 Å². The molecule has 20 heavy (non-hydrogen) atoms. The number of fused-ring (bicyclic) bond motifs is 1. The first-order chi connectivity index (χ1) is 9.24. The molecule has 0 aromatic heterocycles. The number of hydrogen-bond acceptors (Lipinski definition) is 3. The average molecular weight is 316 g/mol. The van der Waals surface area contributed by atoms with Gasteiger partial charge in [-0.3, -0.25) is 9.69 Å². The van der Waals surface area contributed by atoms with Gasteiger partial charge in [0.25, 0.3) is 5.24 Å². The summed E-state index contributed by atoms with van der Waals surface area (Å²) < 4.78 is 5.67. The van der Waals surface area contributed by atoms with Crippen molar-refractivity contribution in [3.63, 3.8) is 0 Å². The lowest BCUT2D eigenvalue weighted by Gasteiger charge is -2.17. The smallest absolute Gasteiger partial charge is 0.252 e. The van der Waals surface area contributed by atoms with Crippen molar-refractivity contribution in [2.24, 2.45) is 5.92 Å². The van der Waals surface area contributed by atoms with E-state index in [9.17, 15) is 4.79 Å². The lowest BCUT2D eigenvalue weighted by atomic mass is 10.2. The monoisotopic (exact) mass is 315 g/mol. The molecule has 0 N–H and O–H groups in total. The molecule has 0 amide bonds. The van der Waals surface area contributed by atoms with Crippen LogP contribution in [0.5, 0.6) is 5.75 Å². The summed E-state index contributed by atoms with van der Waals surface area (Å²) in [5.74, 6) is 1.80. The van der Waals surface area contributed by atoms with Crippen LogP contribution in [-0.4, -0.2) is 35.9 Å². The average Bonchev–Trinajstić information content (AvgIpc) is 3.09. The zero-order chi connectivity index (χ0) is 13.2. The van der Waals surface area contributed by atoms with Gasteiger partial charge in [0.2, 0.25) is 0 Å². The van der Waals surface area contributed by atoms with Crippen LogP contribution in [0.2, 0.25) is 0 Å². The van der Waals surface area contributed by atoms with Crippen molar-refractivity contribution in [2.45, 2.75) is 25.3 Å². The molecule has 110 valence electrons. The summed E-state index contributed by atoms with van der Waals surface area (Å²) in [4.78, 5) is 13.5. The Morgan fingerprint density at radius 3 is 2.65 bits per heavy atom. The Balaban J connectivity index is 0.00000147. The maximum absolute atomic E-state index is 10.9. The number of piperidine rings is 1. The quantitative estimate of drug-likeness (QED) is 0.595. The summed E-state index contributed by atoms with van der Waals surface area (Å²) >= 11 is 5.39. The van der Waals surface area contributed by atoms with Crippen molar-refractivity contribution in [2.75, 3.05) is 19.7 Å². The summed E-state index contributed by atoms with van der Waals surface area (Å²) in [5, 5.41) is -0.431. The highest BCUT2D eigenvalue weighted by Gasteiger charge is 2.46. The molecule has 1 aliphatic heterocycles. The second-order valence-electron chi connectivity index (χ2n) is 5.39. The van der Waals surface area contributed by atoms with Gasteiger partial charge in [-0.05, 0) is 67.6 Å². The minimum absolute atomic E-state index is 0. The van der Waals surface area contributed by atoms with Crippen molar-refractivity contribution in [3.8, 4) is 5.75 Å². The molecule has 0 spiro atoms. The fraction of sp³-hybridized carbons (Fsp3) is 0.533. The van der Waals surface area contributed by atoms with Gasteiger partial charge in [0.15, 0.2) is 0 Å². The van der Waals surface area contributed by atoms with Crippen LogP contribution in [0, 0.1) is 5.92 Å². The summed E-state index contributed by atoms with van der Waals surface area (Å²) in [5.41, 5.74) is 0.505. The van der Waals surface area contributed by atoms with Crippen molar-refractivity contribution in [3.05, 3.63) is 29.8 Å². The molecule has 2 atom stereocenters. The second kappa shape index (κ2) is 6.79. The lowest BCUT2D eigenvalue weighted by molar-refractivity contribution is 0.108. The standard InChI is InChI=1S/C15H18ClNO2.ClH/c16-15(18)11-2-4-13(5-3-11)19-9-1-7-17-8-6-12-10-14(12)17;/h2-5,12,14H,1,6-10H2;1H/t12-,14+;/m1./s1. The molecule has 5 heteroatoms. The zero-order valence-electron chi connectivity index (χ0n) is 11.3. The van der Waals surface area contributed by atoms with Crippen LogP contribution in [0.4, 0.5) is 0 Å². The summed E-state index contributed by atoms with van der Waals surface area (Å²) in [6.07, 6.45) is 3.85. The van der Waals surface area contributed by atoms with Gasteiger partial charge in [0.1, 0.15) is 5.75 Å². The third kappa shape index (κ3) is 3.66. The van der Waals surface area contributed by atoms with Gasteiger partial charge in [-0.1, -0.05) is 0 Å². The molecular formula is C15H19Cl2NO2. The van der Waals surface area contributed by atoms with E-state index in [1.165, 1.54) is 19.4 Å². The van der Waals surface area contributed by atoms with Crippen molar-refractivity contribution >= 4 is 29.3 Å². The predicted octanol–water partition coefficient (Wildman–Crippen LogP) is 3.35. The van der Waals surface area contributed by atoms with Crippen LogP contribution in [0.3, 0.4) is 0 Å². The zero-order valence-corrected chi connectivity index (χ0v) is 12.8. The maximum Gasteiger partial charge on any atom is 0.252 e. The molecule has 1 aromatic carbocycles. The number of rotatable bonds is 6. The molecule has 1 aromatic rings. The van der Waals surface area contributed by atoms with Gasteiger partial charge in [0.05, 0.1) is 6.61 Å². The molecule has 1 saturated carbocycles. The van der Waals surface area contributed by atoms with E-state index < -0.39 is 5.24 Å². The summed E-state index contributed by atoms with van der Waals surface area (Å²) in [6.45, 7) is 3.13. The van der Waals surface area contributed by atoms with E-state index in [1.54, 1.807) is 24.3 Å². The van der Waals surface area contributed by atoms with E-state index in [1.807, 2.05) is 0 Å². The normalized spacial score (nSPS) is 23.9. The van der Waals surface area contributed by atoms with Crippen molar-refractivity contribution in [1.29, 1.82) is 0 Å². The molecule has 0 radical (unpaired) electrons. The Labute approximate surface area is 130 Å². The van der Waals surface area contributed by atoms with Gasteiger partial charge in [-0.2, -0.15) is 0 Å². The Morgan fingerprint density at radius 1 is 1.35 bits per heavy atom. The highest BCUT2D eigenvalue weighted by molar-refractivity contribution is 6.67. The predicted molar refractivity (Wildman–Crippen MR) is 82.1 cm³/mol. The van der Waals surface area contributed by atoms with E-state index >= 15 is 0 Å². The minimum Gasteiger partial charge on any atom is -0.494 e. The van der Waals surface area contributed by atoms with Crippen LogP contribution >= 0.6 is 24.0 Å².